The van der Waals surface area contributed by atoms with Crippen molar-refractivity contribution in [3.8, 4) is 0 Å². The number of carbonyl (C=O) groups is 1. The minimum Gasteiger partial charge on any atom is -0.465 e. The first-order chi connectivity index (χ1) is 12.7. The lowest BCUT2D eigenvalue weighted by atomic mass is 10.0. The Morgan fingerprint density at radius 3 is 2.72 bits per heavy atom. The predicted molar refractivity (Wildman–Crippen MR) is 100 cm³/mol. The summed E-state index contributed by atoms with van der Waals surface area (Å²) in [7, 11) is 0.155. The van der Waals surface area contributed by atoms with E-state index < -0.39 is 6.04 Å². The highest BCUT2D eigenvalue weighted by atomic mass is 16.5. The molecule has 0 amide bonds. The normalized spacial score (nSPS) is 12.8. The molecule has 1 aromatic heterocycles. The van der Waals surface area contributed by atoms with E-state index in [1.807, 2.05) is 72.3 Å². The maximum atomic E-state index is 12.5. The van der Waals surface area contributed by atoms with E-state index in [1.165, 1.54) is 0 Å². The van der Waals surface area contributed by atoms with E-state index in [4.69, 9.17) is 6.11 Å². The molecule has 25 heavy (non-hydrogen) atoms. The Labute approximate surface area is 149 Å². The van der Waals surface area contributed by atoms with Gasteiger partial charge in [-0.15, -0.1) is 0 Å². The molecule has 0 aliphatic carbocycles. The van der Waals surface area contributed by atoms with Crippen LogP contribution in [0.25, 0.3) is 10.9 Å². The second kappa shape index (κ2) is 7.99. The van der Waals surface area contributed by atoms with Gasteiger partial charge in [-0.1, -0.05) is 48.5 Å². The van der Waals surface area contributed by atoms with Crippen LogP contribution >= 0.6 is 0 Å². The van der Waals surface area contributed by atoms with Crippen molar-refractivity contribution in [1.82, 2.24) is 9.88 Å². The Bertz CT molecular complexity index is 861. The topological polar surface area (TPSA) is 43.3 Å². The number of nitrogens with zero attached hydrogens (tertiary/aromatic N) is 1. The van der Waals surface area contributed by atoms with Crippen LogP contribution in [0.4, 0.5) is 0 Å². The number of aryl methyl sites for hydroxylation is 1. The number of aromatic nitrogens is 1. The summed E-state index contributed by atoms with van der Waals surface area (Å²) in [5.74, 6) is -0.244. The summed E-state index contributed by atoms with van der Waals surface area (Å²) in [5, 5.41) is 4.41. The summed E-state index contributed by atoms with van der Waals surface area (Å²) < 4.78 is 14.9. The van der Waals surface area contributed by atoms with Gasteiger partial charge in [0.05, 0.1) is 6.61 Å². The maximum absolute atomic E-state index is 12.5. The Hall–Kier alpha value is -2.59. The fraction of sp³-hybridized carbons (Fsp3) is 0.286. The highest BCUT2D eigenvalue weighted by Crippen LogP contribution is 2.22. The number of para-hydroxylation sites is 1. The number of hydrogen-bond acceptors (Lipinski definition) is 3. The third-order valence-corrected chi connectivity index (χ3v) is 4.26. The maximum Gasteiger partial charge on any atom is 0.323 e. The van der Waals surface area contributed by atoms with E-state index >= 15 is 0 Å². The molecule has 0 spiro atoms. The van der Waals surface area contributed by atoms with Gasteiger partial charge in [-0.2, -0.15) is 0 Å². The molecule has 0 saturated carbocycles. The van der Waals surface area contributed by atoms with Crippen LogP contribution < -0.4 is 5.32 Å². The van der Waals surface area contributed by atoms with Crippen molar-refractivity contribution in [2.75, 3.05) is 6.61 Å². The lowest BCUT2D eigenvalue weighted by Gasteiger charge is -2.17. The smallest absolute Gasteiger partial charge is 0.323 e. The highest BCUT2D eigenvalue weighted by Gasteiger charge is 2.21. The zero-order chi connectivity index (χ0) is 18.4. The van der Waals surface area contributed by atoms with Crippen molar-refractivity contribution in [3.63, 3.8) is 0 Å². The van der Waals surface area contributed by atoms with E-state index in [0.29, 0.717) is 19.6 Å². The van der Waals surface area contributed by atoms with Crippen molar-refractivity contribution < 1.29 is 10.9 Å². The van der Waals surface area contributed by atoms with Crippen LogP contribution in [0.5, 0.6) is 0 Å². The van der Waals surface area contributed by atoms with E-state index in [-0.39, 0.29) is 13.0 Å². The number of carbonyl (C=O) groups excluding carboxylic acids is 1. The Morgan fingerprint density at radius 1 is 1.20 bits per heavy atom. The van der Waals surface area contributed by atoms with Gasteiger partial charge in [-0.3, -0.25) is 4.79 Å². The molecule has 0 unspecified atom stereocenters. The molecule has 1 N–H and O–H groups in total. The first kappa shape index (κ1) is 15.9. The van der Waals surface area contributed by atoms with Gasteiger partial charge in [0.1, 0.15) is 6.04 Å². The van der Waals surface area contributed by atoms with Crippen LogP contribution in [0.2, 0.25) is 0 Å². The summed E-state index contributed by atoms with van der Waals surface area (Å²) in [6.45, 7) is 2.77. The molecule has 130 valence electrons. The van der Waals surface area contributed by atoms with Crippen molar-refractivity contribution in [3.05, 3.63) is 71.9 Å². The van der Waals surface area contributed by atoms with Gasteiger partial charge in [0.2, 0.25) is 0 Å². The molecule has 4 heteroatoms. The fourth-order valence-corrected chi connectivity index (χ4v) is 3.02. The number of rotatable bonds is 7. The van der Waals surface area contributed by atoms with Gasteiger partial charge in [0, 0.05) is 38.5 Å². The average molecular weight is 337 g/mol. The molecule has 0 radical (unpaired) electrons. The summed E-state index contributed by atoms with van der Waals surface area (Å²) in [6, 6.07) is 17.6. The molecule has 0 aliphatic heterocycles. The number of ether oxygens (including phenoxy) is 1. The first-order valence-electron chi connectivity index (χ1n) is 9.23. The third kappa shape index (κ3) is 4.09. The van der Waals surface area contributed by atoms with E-state index in [9.17, 15) is 4.79 Å². The third-order valence-electron chi connectivity index (χ3n) is 4.26. The molecular formula is C21H24N2O2. The van der Waals surface area contributed by atoms with Gasteiger partial charge in [-0.25, -0.2) is 0 Å². The van der Waals surface area contributed by atoms with Crippen LogP contribution in [0.15, 0.2) is 60.8 Å². The van der Waals surface area contributed by atoms with E-state index in [2.05, 4.69) is 5.32 Å². The lowest BCUT2D eigenvalue weighted by molar-refractivity contribution is -0.145. The number of benzene rings is 2. The summed E-state index contributed by atoms with van der Waals surface area (Å²) in [5.41, 5.74) is 3.19. The number of esters is 1. The SMILES string of the molecule is [2H]Cn1cc(C[C@H](NCc2ccccc2)C(=O)OCC)c2ccccc21. The van der Waals surface area contributed by atoms with Gasteiger partial charge in [-0.05, 0) is 24.1 Å². The summed E-state index contributed by atoms with van der Waals surface area (Å²) in [4.78, 5) is 12.5. The van der Waals surface area contributed by atoms with Crippen LogP contribution in [0.1, 0.15) is 19.4 Å². The van der Waals surface area contributed by atoms with E-state index in [1.54, 1.807) is 0 Å². The summed E-state index contributed by atoms with van der Waals surface area (Å²) in [6.07, 6.45) is 2.49. The molecule has 3 rings (SSSR count). The molecule has 1 heterocycles. The van der Waals surface area contributed by atoms with E-state index in [0.717, 1.165) is 22.0 Å². The van der Waals surface area contributed by atoms with Gasteiger partial charge >= 0.3 is 5.97 Å². The molecule has 0 bridgehead atoms. The number of fused-ring (bicyclic) bond motifs is 1. The number of hydrogen-bond donors (Lipinski definition) is 1. The average Bonchev–Trinajstić information content (AvgIpc) is 3.04. The Kier molecular flexibility index (Phi) is 5.08. The largest absolute Gasteiger partial charge is 0.465 e. The van der Waals surface area contributed by atoms with Gasteiger partial charge in [0.25, 0.3) is 0 Å². The molecule has 1 atom stereocenters. The van der Waals surface area contributed by atoms with Crippen molar-refractivity contribution in [1.29, 1.82) is 0 Å². The highest BCUT2D eigenvalue weighted by molar-refractivity contribution is 5.85. The Morgan fingerprint density at radius 2 is 1.96 bits per heavy atom. The monoisotopic (exact) mass is 337 g/mol. The van der Waals surface area contributed by atoms with Crippen LogP contribution in [0.3, 0.4) is 0 Å². The van der Waals surface area contributed by atoms with Crippen LogP contribution in [-0.2, 0) is 29.5 Å². The first-order valence-corrected chi connectivity index (χ1v) is 8.53. The van der Waals surface area contributed by atoms with Crippen LogP contribution in [0, 0.1) is 0 Å². The molecule has 3 aromatic rings. The molecule has 0 fully saturated rings. The van der Waals surface area contributed by atoms with Gasteiger partial charge in [0.15, 0.2) is 0 Å². The molecule has 2 aromatic carbocycles. The molecular weight excluding hydrogens is 312 g/mol. The lowest BCUT2D eigenvalue weighted by Crippen LogP contribution is -2.39. The second-order valence-corrected chi connectivity index (χ2v) is 6.02. The minimum atomic E-state index is -0.430. The van der Waals surface area contributed by atoms with Crippen molar-refractivity contribution >= 4 is 16.9 Å². The summed E-state index contributed by atoms with van der Waals surface area (Å²) >= 11 is 0. The predicted octanol–water partition coefficient (Wildman–Crippen LogP) is 3.44. The second-order valence-electron chi connectivity index (χ2n) is 6.02. The number of nitrogens with one attached hydrogen (secondary N) is 1. The quantitative estimate of drug-likeness (QED) is 0.672. The minimum absolute atomic E-state index is 0.155. The molecule has 0 aliphatic rings. The zero-order valence-corrected chi connectivity index (χ0v) is 14.4. The molecule has 4 nitrogen and oxygen atoms in total. The van der Waals surface area contributed by atoms with Crippen molar-refractivity contribution in [2.24, 2.45) is 7.02 Å². The van der Waals surface area contributed by atoms with Gasteiger partial charge < -0.3 is 14.6 Å². The standard InChI is InChI=1S/C21H24N2O2/c1-3-25-21(24)19(22-14-16-9-5-4-6-10-16)13-17-15-23(2)20-12-8-7-11-18(17)20/h4-12,15,19,22H,3,13-14H2,1-2H3/t19-/m0/s1/i2D. The molecule has 0 saturated heterocycles. The Balaban J connectivity index is 1.82. The zero-order valence-electron chi connectivity index (χ0n) is 15.4. The van der Waals surface area contributed by atoms with Crippen molar-refractivity contribution in [2.45, 2.75) is 25.9 Å². The van der Waals surface area contributed by atoms with Crippen LogP contribution in [-0.4, -0.2) is 23.2 Å². The fourth-order valence-electron chi connectivity index (χ4n) is 3.02.